The van der Waals surface area contributed by atoms with Gasteiger partial charge in [-0.25, -0.2) is 0 Å². The summed E-state index contributed by atoms with van der Waals surface area (Å²) in [5, 5.41) is 14.0. The first-order chi connectivity index (χ1) is 5.81. The molecule has 0 aliphatic rings. The number of hydrogen-bond acceptors (Lipinski definition) is 4. The third-order valence-electron chi connectivity index (χ3n) is 1.39. The quantitative estimate of drug-likeness (QED) is 0.164. The Bertz CT molecular complexity index is 128. The second-order valence-electron chi connectivity index (χ2n) is 2.47. The number of rotatable bonds is 7. The first-order valence-corrected chi connectivity index (χ1v) is 3.97. The number of ether oxygens (including phenoxy) is 1. The van der Waals surface area contributed by atoms with Gasteiger partial charge in [-0.2, -0.15) is 0 Å². The van der Waals surface area contributed by atoms with Crippen molar-refractivity contribution >= 4 is 5.84 Å². The minimum absolute atomic E-state index is 0.210. The first kappa shape index (κ1) is 11.2. The minimum Gasteiger partial charge on any atom is -0.409 e. The van der Waals surface area contributed by atoms with Crippen LogP contribution in [0.1, 0.15) is 12.8 Å². The average Bonchev–Trinajstić information content (AvgIpc) is 2.10. The van der Waals surface area contributed by atoms with Crippen LogP contribution in [0, 0.1) is 0 Å². The molecule has 0 amide bonds. The Kier molecular flexibility index (Phi) is 7.73. The lowest BCUT2D eigenvalue weighted by atomic mass is 10.3. The molecular formula is C7H17N3O2. The Hall–Kier alpha value is -0.810. The predicted molar refractivity (Wildman–Crippen MR) is 47.4 cm³/mol. The summed E-state index contributed by atoms with van der Waals surface area (Å²) in [5.41, 5.74) is 5.23. The zero-order valence-corrected chi connectivity index (χ0v) is 7.42. The summed E-state index contributed by atoms with van der Waals surface area (Å²) < 4.78 is 4.87. The molecule has 0 saturated carbocycles. The lowest BCUT2D eigenvalue weighted by Gasteiger charge is -2.02. The van der Waals surface area contributed by atoms with Gasteiger partial charge in [0.2, 0.25) is 0 Å². The van der Waals surface area contributed by atoms with Crippen molar-refractivity contribution in [1.82, 2.24) is 5.32 Å². The van der Waals surface area contributed by atoms with E-state index >= 15 is 0 Å². The van der Waals surface area contributed by atoms with Crippen LogP contribution in [-0.2, 0) is 4.74 Å². The smallest absolute Gasteiger partial charge is 0.153 e. The molecule has 0 aromatic carbocycles. The van der Waals surface area contributed by atoms with E-state index in [1.165, 1.54) is 0 Å². The van der Waals surface area contributed by atoms with Crippen LogP contribution in [0.15, 0.2) is 5.16 Å². The molecule has 0 atom stereocenters. The van der Waals surface area contributed by atoms with Crippen LogP contribution >= 0.6 is 0 Å². The molecule has 0 aromatic heterocycles. The van der Waals surface area contributed by atoms with Gasteiger partial charge in [-0.1, -0.05) is 5.16 Å². The molecule has 0 aliphatic heterocycles. The zero-order valence-electron chi connectivity index (χ0n) is 7.42. The van der Waals surface area contributed by atoms with Gasteiger partial charge < -0.3 is 21.0 Å². The van der Waals surface area contributed by atoms with E-state index in [1.807, 2.05) is 0 Å². The summed E-state index contributed by atoms with van der Waals surface area (Å²) in [5.74, 6) is 0.210. The van der Waals surface area contributed by atoms with Crippen molar-refractivity contribution in [3.8, 4) is 0 Å². The molecule has 4 N–H and O–H groups in total. The van der Waals surface area contributed by atoms with Gasteiger partial charge in [0, 0.05) is 13.7 Å². The van der Waals surface area contributed by atoms with Gasteiger partial charge in [0.15, 0.2) is 5.84 Å². The SMILES string of the molecule is COCCCCNCC(N)=NO. The van der Waals surface area contributed by atoms with E-state index in [2.05, 4.69) is 10.5 Å². The molecular weight excluding hydrogens is 158 g/mol. The summed E-state index contributed by atoms with van der Waals surface area (Å²) in [6.07, 6.45) is 2.06. The largest absolute Gasteiger partial charge is 0.409 e. The third-order valence-corrected chi connectivity index (χ3v) is 1.39. The molecule has 0 saturated heterocycles. The van der Waals surface area contributed by atoms with Gasteiger partial charge in [0.1, 0.15) is 0 Å². The van der Waals surface area contributed by atoms with Crippen molar-refractivity contribution in [3.05, 3.63) is 0 Å². The van der Waals surface area contributed by atoms with Crippen molar-refractivity contribution < 1.29 is 9.94 Å². The van der Waals surface area contributed by atoms with E-state index in [1.54, 1.807) is 7.11 Å². The highest BCUT2D eigenvalue weighted by Gasteiger charge is 1.91. The lowest BCUT2D eigenvalue weighted by Crippen LogP contribution is -2.29. The molecule has 0 spiro atoms. The first-order valence-electron chi connectivity index (χ1n) is 3.97. The number of nitrogens with zero attached hydrogens (tertiary/aromatic N) is 1. The van der Waals surface area contributed by atoms with E-state index in [4.69, 9.17) is 15.7 Å². The number of nitrogens with two attached hydrogens (primary N) is 1. The number of amidine groups is 1. The minimum atomic E-state index is 0.210. The van der Waals surface area contributed by atoms with Gasteiger partial charge in [-0.15, -0.1) is 0 Å². The van der Waals surface area contributed by atoms with Crippen LogP contribution < -0.4 is 11.1 Å². The summed E-state index contributed by atoms with van der Waals surface area (Å²) in [7, 11) is 1.68. The topological polar surface area (TPSA) is 79.9 Å². The molecule has 0 aliphatic carbocycles. The van der Waals surface area contributed by atoms with Gasteiger partial charge in [-0.3, -0.25) is 0 Å². The van der Waals surface area contributed by atoms with E-state index < -0.39 is 0 Å². The molecule has 0 radical (unpaired) electrons. The molecule has 0 fully saturated rings. The van der Waals surface area contributed by atoms with E-state index in [0.717, 1.165) is 26.0 Å². The Balaban J connectivity index is 3.00. The average molecular weight is 175 g/mol. The molecule has 0 heterocycles. The maximum Gasteiger partial charge on any atom is 0.153 e. The Labute approximate surface area is 72.6 Å². The molecule has 5 heteroatoms. The monoisotopic (exact) mass is 175 g/mol. The Morgan fingerprint density at radius 2 is 2.33 bits per heavy atom. The van der Waals surface area contributed by atoms with Crippen LogP contribution in [0.25, 0.3) is 0 Å². The fraction of sp³-hybridized carbons (Fsp3) is 0.857. The molecule has 5 nitrogen and oxygen atoms in total. The molecule has 0 bridgehead atoms. The summed E-state index contributed by atoms with van der Waals surface area (Å²) >= 11 is 0. The summed E-state index contributed by atoms with van der Waals surface area (Å²) in [4.78, 5) is 0. The van der Waals surface area contributed by atoms with Gasteiger partial charge in [-0.05, 0) is 19.4 Å². The number of unbranched alkanes of at least 4 members (excludes halogenated alkanes) is 1. The van der Waals surface area contributed by atoms with Crippen LogP contribution in [0.3, 0.4) is 0 Å². The van der Waals surface area contributed by atoms with Gasteiger partial charge in [0.25, 0.3) is 0 Å². The van der Waals surface area contributed by atoms with Crippen LogP contribution in [-0.4, -0.2) is 37.8 Å². The molecule has 0 aromatic rings. The normalized spacial score (nSPS) is 11.9. The van der Waals surface area contributed by atoms with E-state index in [0.29, 0.717) is 6.54 Å². The third kappa shape index (κ3) is 7.30. The van der Waals surface area contributed by atoms with Gasteiger partial charge in [0.05, 0.1) is 6.54 Å². The number of oxime groups is 1. The highest BCUT2D eigenvalue weighted by atomic mass is 16.5. The van der Waals surface area contributed by atoms with E-state index in [9.17, 15) is 0 Å². The van der Waals surface area contributed by atoms with Crippen molar-refractivity contribution in [2.75, 3.05) is 26.8 Å². The van der Waals surface area contributed by atoms with Crippen LogP contribution in [0.5, 0.6) is 0 Å². The highest BCUT2D eigenvalue weighted by Crippen LogP contribution is 1.85. The number of nitrogens with one attached hydrogen (secondary N) is 1. The zero-order chi connectivity index (χ0) is 9.23. The number of methoxy groups -OCH3 is 1. The standard InChI is InChI=1S/C7H17N3O2/c1-12-5-3-2-4-9-6-7(8)10-11/h9,11H,2-6H2,1H3,(H2,8,10). The second kappa shape index (κ2) is 8.29. The summed E-state index contributed by atoms with van der Waals surface area (Å²) in [6.45, 7) is 2.08. The van der Waals surface area contributed by atoms with Crippen molar-refractivity contribution in [1.29, 1.82) is 0 Å². The molecule has 0 unspecified atom stereocenters. The Morgan fingerprint density at radius 1 is 1.58 bits per heavy atom. The number of hydrogen-bond donors (Lipinski definition) is 3. The molecule has 72 valence electrons. The van der Waals surface area contributed by atoms with Gasteiger partial charge >= 0.3 is 0 Å². The fourth-order valence-electron chi connectivity index (χ4n) is 0.748. The summed E-state index contributed by atoms with van der Waals surface area (Å²) in [6, 6.07) is 0. The highest BCUT2D eigenvalue weighted by molar-refractivity contribution is 5.81. The van der Waals surface area contributed by atoms with Crippen LogP contribution in [0.4, 0.5) is 0 Å². The molecule has 0 rings (SSSR count). The van der Waals surface area contributed by atoms with Crippen molar-refractivity contribution in [3.63, 3.8) is 0 Å². The Morgan fingerprint density at radius 3 is 2.92 bits per heavy atom. The second-order valence-corrected chi connectivity index (χ2v) is 2.47. The maximum atomic E-state index is 8.18. The molecule has 12 heavy (non-hydrogen) atoms. The lowest BCUT2D eigenvalue weighted by molar-refractivity contribution is 0.193. The predicted octanol–water partition coefficient (Wildman–Crippen LogP) is -0.251. The van der Waals surface area contributed by atoms with E-state index in [-0.39, 0.29) is 5.84 Å². The van der Waals surface area contributed by atoms with Crippen LogP contribution in [0.2, 0.25) is 0 Å². The maximum absolute atomic E-state index is 8.18. The van der Waals surface area contributed by atoms with Crippen molar-refractivity contribution in [2.45, 2.75) is 12.8 Å². The fourth-order valence-corrected chi connectivity index (χ4v) is 0.748. The van der Waals surface area contributed by atoms with Crippen molar-refractivity contribution in [2.24, 2.45) is 10.9 Å².